The van der Waals surface area contributed by atoms with Crippen molar-refractivity contribution < 1.29 is 9.47 Å². The van der Waals surface area contributed by atoms with Crippen molar-refractivity contribution in [2.24, 2.45) is 0 Å². The molecule has 1 N–H and O–H groups in total. The molecule has 0 aliphatic rings. The summed E-state index contributed by atoms with van der Waals surface area (Å²) in [5.74, 6) is 0. The zero-order chi connectivity index (χ0) is 11.4. The van der Waals surface area contributed by atoms with Gasteiger partial charge >= 0.3 is 0 Å². The molecule has 2 aromatic rings. The SMILES string of the molecule is CCOC(OCC)c1c[nH]c2ccccc12. The lowest BCUT2D eigenvalue weighted by atomic mass is 10.2. The smallest absolute Gasteiger partial charge is 0.185 e. The number of hydrogen-bond donors (Lipinski definition) is 1. The number of aromatic amines is 1. The highest BCUT2D eigenvalue weighted by atomic mass is 16.7. The summed E-state index contributed by atoms with van der Waals surface area (Å²) in [5, 5.41) is 1.16. The summed E-state index contributed by atoms with van der Waals surface area (Å²) >= 11 is 0. The molecule has 1 aromatic heterocycles. The first-order valence-electron chi connectivity index (χ1n) is 5.66. The Bertz CT molecular complexity index is 444. The third kappa shape index (κ3) is 2.10. The van der Waals surface area contributed by atoms with Gasteiger partial charge in [0.25, 0.3) is 0 Å². The van der Waals surface area contributed by atoms with E-state index in [0.29, 0.717) is 13.2 Å². The summed E-state index contributed by atoms with van der Waals surface area (Å²) in [6.07, 6.45) is 1.69. The van der Waals surface area contributed by atoms with Crippen molar-refractivity contribution in [3.63, 3.8) is 0 Å². The fraction of sp³-hybridized carbons (Fsp3) is 0.385. The van der Waals surface area contributed by atoms with E-state index in [1.165, 1.54) is 0 Å². The summed E-state index contributed by atoms with van der Waals surface area (Å²) in [5.41, 5.74) is 2.18. The number of nitrogens with one attached hydrogen (secondary N) is 1. The van der Waals surface area contributed by atoms with E-state index in [1.54, 1.807) is 0 Å². The third-order valence-electron chi connectivity index (χ3n) is 2.51. The van der Waals surface area contributed by atoms with Gasteiger partial charge in [-0.3, -0.25) is 0 Å². The summed E-state index contributed by atoms with van der Waals surface area (Å²) in [4.78, 5) is 3.23. The molecule has 3 heteroatoms. The van der Waals surface area contributed by atoms with Crippen LogP contribution in [0.25, 0.3) is 10.9 Å². The van der Waals surface area contributed by atoms with Crippen molar-refractivity contribution in [3.8, 4) is 0 Å². The van der Waals surface area contributed by atoms with Crippen LogP contribution in [0.15, 0.2) is 30.5 Å². The topological polar surface area (TPSA) is 34.2 Å². The molecule has 16 heavy (non-hydrogen) atoms. The summed E-state index contributed by atoms with van der Waals surface area (Å²) in [7, 11) is 0. The highest BCUT2D eigenvalue weighted by Gasteiger charge is 2.15. The molecule has 0 aliphatic carbocycles. The number of aromatic nitrogens is 1. The number of H-pyrrole nitrogens is 1. The molecule has 0 unspecified atom stereocenters. The van der Waals surface area contributed by atoms with Gasteiger partial charge in [0, 0.05) is 35.9 Å². The standard InChI is InChI=1S/C13H17NO2/c1-3-15-13(16-4-2)11-9-14-12-8-6-5-7-10(11)12/h5-9,13-14H,3-4H2,1-2H3. The van der Waals surface area contributed by atoms with E-state index in [-0.39, 0.29) is 6.29 Å². The molecule has 0 bridgehead atoms. The Morgan fingerprint density at radius 1 is 1.12 bits per heavy atom. The second-order valence-electron chi connectivity index (χ2n) is 3.53. The van der Waals surface area contributed by atoms with Crippen molar-refractivity contribution in [1.29, 1.82) is 0 Å². The van der Waals surface area contributed by atoms with E-state index in [2.05, 4.69) is 11.1 Å². The Balaban J connectivity index is 2.36. The van der Waals surface area contributed by atoms with Gasteiger partial charge in [0.1, 0.15) is 0 Å². The maximum Gasteiger partial charge on any atom is 0.185 e. The van der Waals surface area contributed by atoms with Gasteiger partial charge in [-0.25, -0.2) is 0 Å². The zero-order valence-corrected chi connectivity index (χ0v) is 9.69. The lowest BCUT2D eigenvalue weighted by Gasteiger charge is -2.16. The Labute approximate surface area is 95.4 Å². The molecule has 1 aromatic carbocycles. The molecule has 0 saturated heterocycles. The number of ether oxygens (including phenoxy) is 2. The van der Waals surface area contributed by atoms with E-state index in [4.69, 9.17) is 9.47 Å². The van der Waals surface area contributed by atoms with Crippen molar-refractivity contribution in [3.05, 3.63) is 36.0 Å². The van der Waals surface area contributed by atoms with E-state index in [1.807, 2.05) is 38.2 Å². The minimum atomic E-state index is -0.272. The van der Waals surface area contributed by atoms with E-state index in [0.717, 1.165) is 16.5 Å². The maximum atomic E-state index is 5.59. The number of rotatable bonds is 5. The van der Waals surface area contributed by atoms with Gasteiger partial charge in [0.05, 0.1) is 0 Å². The Morgan fingerprint density at radius 3 is 2.50 bits per heavy atom. The molecule has 2 rings (SSSR count). The molecule has 1 heterocycles. The minimum Gasteiger partial charge on any atom is -0.361 e. The highest BCUT2D eigenvalue weighted by Crippen LogP contribution is 2.27. The van der Waals surface area contributed by atoms with Crippen LogP contribution in [0, 0.1) is 0 Å². The third-order valence-corrected chi connectivity index (χ3v) is 2.51. The van der Waals surface area contributed by atoms with Gasteiger partial charge in [-0.05, 0) is 19.9 Å². The average molecular weight is 219 g/mol. The lowest BCUT2D eigenvalue weighted by molar-refractivity contribution is -0.139. The van der Waals surface area contributed by atoms with Crippen LogP contribution in [0.5, 0.6) is 0 Å². The second kappa shape index (κ2) is 5.14. The van der Waals surface area contributed by atoms with Crippen molar-refractivity contribution in [2.45, 2.75) is 20.1 Å². The fourth-order valence-corrected chi connectivity index (χ4v) is 1.82. The zero-order valence-electron chi connectivity index (χ0n) is 9.69. The average Bonchev–Trinajstić information content (AvgIpc) is 2.72. The monoisotopic (exact) mass is 219 g/mol. The maximum absolute atomic E-state index is 5.59. The van der Waals surface area contributed by atoms with Crippen LogP contribution < -0.4 is 0 Å². The van der Waals surface area contributed by atoms with Crippen molar-refractivity contribution in [1.82, 2.24) is 4.98 Å². The Kier molecular flexibility index (Phi) is 3.59. The number of benzene rings is 1. The molecular formula is C13H17NO2. The first-order valence-corrected chi connectivity index (χ1v) is 5.66. The van der Waals surface area contributed by atoms with Crippen molar-refractivity contribution >= 4 is 10.9 Å². The molecule has 0 fully saturated rings. The number of fused-ring (bicyclic) bond motifs is 1. The van der Waals surface area contributed by atoms with Gasteiger partial charge < -0.3 is 14.5 Å². The van der Waals surface area contributed by atoms with Crippen LogP contribution in [0.3, 0.4) is 0 Å². The summed E-state index contributed by atoms with van der Waals surface area (Å²) < 4.78 is 11.2. The molecule has 0 spiro atoms. The Hall–Kier alpha value is -1.32. The predicted molar refractivity (Wildman–Crippen MR) is 64.3 cm³/mol. The van der Waals surface area contributed by atoms with Crippen LogP contribution in [0.2, 0.25) is 0 Å². The molecule has 0 aliphatic heterocycles. The number of para-hydroxylation sites is 1. The molecule has 0 radical (unpaired) electrons. The second-order valence-corrected chi connectivity index (χ2v) is 3.53. The van der Waals surface area contributed by atoms with E-state index < -0.39 is 0 Å². The van der Waals surface area contributed by atoms with Gasteiger partial charge in [0.15, 0.2) is 6.29 Å². The number of hydrogen-bond acceptors (Lipinski definition) is 2. The van der Waals surface area contributed by atoms with E-state index in [9.17, 15) is 0 Å². The molecule has 3 nitrogen and oxygen atoms in total. The molecule has 86 valence electrons. The minimum absolute atomic E-state index is 0.272. The van der Waals surface area contributed by atoms with Gasteiger partial charge in [-0.2, -0.15) is 0 Å². The van der Waals surface area contributed by atoms with Crippen molar-refractivity contribution in [2.75, 3.05) is 13.2 Å². The van der Waals surface area contributed by atoms with Gasteiger partial charge in [-0.15, -0.1) is 0 Å². The molecule has 0 saturated carbocycles. The highest BCUT2D eigenvalue weighted by molar-refractivity contribution is 5.83. The summed E-state index contributed by atoms with van der Waals surface area (Å²) in [6.45, 7) is 5.23. The normalized spacial score (nSPS) is 11.4. The largest absolute Gasteiger partial charge is 0.361 e. The van der Waals surface area contributed by atoms with Gasteiger partial charge in [0.2, 0.25) is 0 Å². The molecular weight excluding hydrogens is 202 g/mol. The fourth-order valence-electron chi connectivity index (χ4n) is 1.82. The van der Waals surface area contributed by atoms with Crippen LogP contribution in [-0.4, -0.2) is 18.2 Å². The Morgan fingerprint density at radius 2 is 1.81 bits per heavy atom. The summed E-state index contributed by atoms with van der Waals surface area (Å²) in [6, 6.07) is 8.16. The molecule has 0 amide bonds. The predicted octanol–water partition coefficient (Wildman–Crippen LogP) is 3.24. The van der Waals surface area contributed by atoms with Crippen LogP contribution in [-0.2, 0) is 9.47 Å². The lowest BCUT2D eigenvalue weighted by Crippen LogP contribution is -2.08. The first-order chi connectivity index (χ1) is 7.86. The van der Waals surface area contributed by atoms with Crippen LogP contribution in [0.4, 0.5) is 0 Å². The van der Waals surface area contributed by atoms with Crippen LogP contribution >= 0.6 is 0 Å². The first kappa shape index (κ1) is 11.2. The van der Waals surface area contributed by atoms with Crippen LogP contribution in [0.1, 0.15) is 25.7 Å². The quantitative estimate of drug-likeness (QED) is 0.783. The van der Waals surface area contributed by atoms with E-state index >= 15 is 0 Å². The molecule has 0 atom stereocenters. The van der Waals surface area contributed by atoms with Gasteiger partial charge in [-0.1, -0.05) is 18.2 Å².